The van der Waals surface area contributed by atoms with E-state index in [1.54, 1.807) is 27.8 Å². The largest absolute Gasteiger partial charge is 0.300 e. The van der Waals surface area contributed by atoms with Gasteiger partial charge in [-0.1, -0.05) is 99.4 Å². The monoisotopic (exact) mass is 574 g/mol. The Labute approximate surface area is 261 Å². The molecule has 4 aliphatic rings. The normalized spacial score (nSPS) is 34.3. The maximum atomic E-state index is 2.94. The minimum atomic E-state index is 0.306. The molecule has 5 rings (SSSR count). The summed E-state index contributed by atoms with van der Waals surface area (Å²) in [6.07, 6.45) is 13.4. The molecule has 236 valence electrons. The Morgan fingerprint density at radius 3 is 2.21 bits per heavy atom. The molecule has 0 N–H and O–H groups in total. The second kappa shape index (κ2) is 10.8. The van der Waals surface area contributed by atoms with E-state index in [9.17, 15) is 0 Å². The van der Waals surface area contributed by atoms with Crippen molar-refractivity contribution in [3.05, 3.63) is 46.0 Å². The first kappa shape index (κ1) is 32.3. The van der Waals surface area contributed by atoms with E-state index in [0.717, 1.165) is 30.1 Å². The molecule has 3 aliphatic carbocycles. The summed E-state index contributed by atoms with van der Waals surface area (Å²) in [7, 11) is 0. The molecule has 42 heavy (non-hydrogen) atoms. The van der Waals surface area contributed by atoms with Crippen LogP contribution >= 0.6 is 0 Å². The third kappa shape index (κ3) is 5.84. The van der Waals surface area contributed by atoms with Gasteiger partial charge in [0.1, 0.15) is 0 Å². The van der Waals surface area contributed by atoms with Crippen molar-refractivity contribution in [3.8, 4) is 0 Å². The first-order valence-corrected chi connectivity index (χ1v) is 17.9. The van der Waals surface area contributed by atoms with Crippen molar-refractivity contribution in [1.29, 1.82) is 0 Å². The van der Waals surface area contributed by atoms with E-state index in [-0.39, 0.29) is 0 Å². The number of aryl methyl sites for hydroxylation is 1. The number of hydrogen-bond donors (Lipinski definition) is 0. The van der Waals surface area contributed by atoms with Crippen LogP contribution in [0.4, 0.5) is 0 Å². The van der Waals surface area contributed by atoms with Gasteiger partial charge in [0.25, 0.3) is 0 Å². The van der Waals surface area contributed by atoms with Gasteiger partial charge in [-0.2, -0.15) is 0 Å². The van der Waals surface area contributed by atoms with Crippen LogP contribution in [0.2, 0.25) is 0 Å². The van der Waals surface area contributed by atoms with Crippen molar-refractivity contribution >= 4 is 0 Å². The van der Waals surface area contributed by atoms with Crippen LogP contribution in [0.25, 0.3) is 0 Å². The molecular formula is C41H67N. The highest BCUT2D eigenvalue weighted by atomic mass is 15.2. The number of piperidine rings is 1. The van der Waals surface area contributed by atoms with Crippen LogP contribution in [0.15, 0.2) is 23.8 Å². The smallest absolute Gasteiger partial charge is 0.0104 e. The van der Waals surface area contributed by atoms with Gasteiger partial charge in [-0.3, -0.25) is 0 Å². The number of benzene rings is 1. The molecule has 2 saturated carbocycles. The number of fused-ring (bicyclic) bond motifs is 1. The molecule has 0 amide bonds. The van der Waals surface area contributed by atoms with Crippen LogP contribution in [0.5, 0.6) is 0 Å². The van der Waals surface area contributed by atoms with Gasteiger partial charge < -0.3 is 4.90 Å². The fourth-order valence-corrected chi connectivity index (χ4v) is 10.3. The van der Waals surface area contributed by atoms with Crippen LogP contribution < -0.4 is 0 Å². The predicted octanol–water partition coefficient (Wildman–Crippen LogP) is 11.1. The lowest BCUT2D eigenvalue weighted by molar-refractivity contribution is -0.0873. The number of nitrogens with zero attached hydrogens (tertiary/aromatic N) is 1. The van der Waals surface area contributed by atoms with E-state index in [1.165, 1.54) is 58.0 Å². The maximum absolute atomic E-state index is 2.94. The molecule has 1 heterocycles. The lowest BCUT2D eigenvalue weighted by atomic mass is 9.45. The zero-order valence-corrected chi connectivity index (χ0v) is 30.1. The number of likely N-dealkylation sites (tertiary alicyclic amines) is 1. The second-order valence-electron chi connectivity index (χ2n) is 18.9. The Morgan fingerprint density at radius 1 is 0.976 bits per heavy atom. The third-order valence-corrected chi connectivity index (χ3v) is 13.7. The van der Waals surface area contributed by atoms with Gasteiger partial charge in [-0.15, -0.1) is 0 Å². The molecule has 6 unspecified atom stereocenters. The van der Waals surface area contributed by atoms with Gasteiger partial charge >= 0.3 is 0 Å². The summed E-state index contributed by atoms with van der Waals surface area (Å²) in [5, 5.41) is 0. The molecule has 3 fully saturated rings. The molecule has 1 heteroatoms. The predicted molar refractivity (Wildman–Crippen MR) is 183 cm³/mol. The van der Waals surface area contributed by atoms with Crippen LogP contribution in [-0.2, 0) is 11.8 Å². The van der Waals surface area contributed by atoms with Gasteiger partial charge in [0, 0.05) is 23.4 Å². The summed E-state index contributed by atoms with van der Waals surface area (Å²) >= 11 is 0. The highest BCUT2D eigenvalue weighted by molar-refractivity contribution is 5.50. The van der Waals surface area contributed by atoms with Gasteiger partial charge in [-0.05, 0) is 134 Å². The standard InChI is InChI=1S/C41H67N/c1-14-31-23-41(36-27(2)15-18-32(28(36)3)21-33-24-40(33,13)26-37(5,6)7)19-20-42(25-30-16-17-30)29(4)34(41)22-35(31)39(11,12)38(8,9)10/h15,18,24,29-31,34-35H,14,16-17,19-23,25-26H2,1-13H3. The number of hydrogen-bond acceptors (Lipinski definition) is 1. The minimum absolute atomic E-state index is 0.306. The Morgan fingerprint density at radius 2 is 1.64 bits per heavy atom. The molecule has 1 aromatic rings. The van der Waals surface area contributed by atoms with Crippen molar-refractivity contribution in [3.63, 3.8) is 0 Å². The van der Waals surface area contributed by atoms with Gasteiger partial charge in [-0.25, -0.2) is 0 Å². The van der Waals surface area contributed by atoms with Crippen LogP contribution in [0, 0.1) is 59.2 Å². The quantitative estimate of drug-likeness (QED) is 0.280. The summed E-state index contributed by atoms with van der Waals surface area (Å²) in [5.74, 6) is 3.27. The summed E-state index contributed by atoms with van der Waals surface area (Å²) in [6, 6.07) is 5.67. The lowest BCUT2D eigenvalue weighted by Gasteiger charge is -2.62. The molecule has 6 atom stereocenters. The van der Waals surface area contributed by atoms with E-state index >= 15 is 0 Å². The Bertz CT molecular complexity index is 1180. The number of rotatable bonds is 8. The zero-order valence-electron chi connectivity index (χ0n) is 30.1. The molecule has 0 radical (unpaired) electrons. The molecule has 0 aromatic heterocycles. The maximum Gasteiger partial charge on any atom is 0.0104 e. The van der Waals surface area contributed by atoms with E-state index in [4.69, 9.17) is 0 Å². The van der Waals surface area contributed by atoms with E-state index in [2.05, 4.69) is 113 Å². The van der Waals surface area contributed by atoms with E-state index in [1.807, 2.05) is 0 Å². The molecule has 1 aliphatic heterocycles. The fourth-order valence-electron chi connectivity index (χ4n) is 10.3. The summed E-state index contributed by atoms with van der Waals surface area (Å²) < 4.78 is 0. The molecule has 0 bridgehead atoms. The van der Waals surface area contributed by atoms with Crippen LogP contribution in [-0.4, -0.2) is 24.0 Å². The summed E-state index contributed by atoms with van der Waals surface area (Å²) in [6.45, 7) is 35.1. The minimum Gasteiger partial charge on any atom is -0.300 e. The highest BCUT2D eigenvalue weighted by Gasteiger charge is 2.58. The van der Waals surface area contributed by atoms with Gasteiger partial charge in [0.15, 0.2) is 0 Å². The Kier molecular flexibility index (Phi) is 8.29. The van der Waals surface area contributed by atoms with Gasteiger partial charge in [0.2, 0.25) is 0 Å². The molecule has 0 spiro atoms. The SMILES string of the molecule is CCC1CC2(c3c(C)ccc(CC4=CC4(C)CC(C)(C)C)c3C)CCN(CC3CC3)C(C)C2CC1C(C)(C)C(C)(C)C. The second-order valence-corrected chi connectivity index (χ2v) is 18.9. The highest BCUT2D eigenvalue weighted by Crippen LogP contribution is 2.62. The number of allylic oxidation sites excluding steroid dienone is 2. The summed E-state index contributed by atoms with van der Waals surface area (Å²) in [4.78, 5) is 2.94. The lowest BCUT2D eigenvalue weighted by Crippen LogP contribution is -2.61. The van der Waals surface area contributed by atoms with Crippen LogP contribution in [0.1, 0.15) is 143 Å². The van der Waals surface area contributed by atoms with E-state index in [0.29, 0.717) is 33.1 Å². The van der Waals surface area contributed by atoms with Gasteiger partial charge in [0.05, 0.1) is 0 Å². The fraction of sp³-hybridized carbons (Fsp3) is 0.805. The molecule has 1 saturated heterocycles. The Hall–Kier alpha value is -1.08. The first-order chi connectivity index (χ1) is 19.3. The van der Waals surface area contributed by atoms with Crippen molar-refractivity contribution in [2.24, 2.45) is 45.3 Å². The van der Waals surface area contributed by atoms with Crippen molar-refractivity contribution < 1.29 is 0 Å². The van der Waals surface area contributed by atoms with Crippen molar-refractivity contribution in [2.45, 2.75) is 153 Å². The molecule has 1 aromatic carbocycles. The third-order valence-electron chi connectivity index (χ3n) is 13.7. The van der Waals surface area contributed by atoms with E-state index < -0.39 is 0 Å². The average Bonchev–Trinajstić information content (AvgIpc) is 3.78. The molecule has 1 nitrogen and oxygen atoms in total. The summed E-state index contributed by atoms with van der Waals surface area (Å²) in [5.41, 5.74) is 9.88. The molecular weight excluding hydrogens is 506 g/mol. The Balaban J connectivity index is 1.54. The topological polar surface area (TPSA) is 3.24 Å². The van der Waals surface area contributed by atoms with Crippen LogP contribution in [0.3, 0.4) is 0 Å². The zero-order chi connectivity index (χ0) is 31.0. The average molecular weight is 574 g/mol. The van der Waals surface area contributed by atoms with Crippen molar-refractivity contribution in [2.75, 3.05) is 13.1 Å². The van der Waals surface area contributed by atoms with Crippen molar-refractivity contribution in [1.82, 2.24) is 4.90 Å². The first-order valence-electron chi connectivity index (χ1n) is 17.9.